The Morgan fingerprint density at radius 2 is 2.31 bits per heavy atom. The number of hydrogen-bond acceptors (Lipinski definition) is 3. The number of benzene rings is 1. The smallest absolute Gasteiger partial charge is 0.251 e. The average Bonchev–Trinajstić information content (AvgIpc) is 2.30. The second-order valence-electron chi connectivity index (χ2n) is 3.72. The van der Waals surface area contributed by atoms with Crippen molar-refractivity contribution < 1.29 is 9.63 Å². The van der Waals surface area contributed by atoms with Gasteiger partial charge in [-0.25, -0.2) is 5.90 Å². The van der Waals surface area contributed by atoms with Crippen LogP contribution in [0.25, 0.3) is 0 Å². The van der Waals surface area contributed by atoms with Crippen LogP contribution in [-0.4, -0.2) is 19.1 Å². The summed E-state index contributed by atoms with van der Waals surface area (Å²) in [5, 5.41) is 2.77. The van der Waals surface area contributed by atoms with Gasteiger partial charge in [-0.2, -0.15) is 0 Å². The molecule has 1 aromatic rings. The first-order valence-corrected chi connectivity index (χ1v) is 5.38. The predicted octanol–water partition coefficient (Wildman–Crippen LogP) is 1.43. The number of amides is 1. The van der Waals surface area contributed by atoms with Gasteiger partial charge in [-0.05, 0) is 24.6 Å². The van der Waals surface area contributed by atoms with E-state index in [1.165, 1.54) is 0 Å². The first kappa shape index (κ1) is 12.7. The molecule has 88 valence electrons. The molecule has 4 nitrogen and oxygen atoms in total. The molecule has 0 aliphatic rings. The Hall–Kier alpha value is -1.39. The van der Waals surface area contributed by atoms with E-state index in [9.17, 15) is 4.79 Å². The molecule has 0 saturated heterocycles. The third-order valence-corrected chi connectivity index (χ3v) is 2.40. The highest BCUT2D eigenvalue weighted by Gasteiger charge is 2.09. The normalized spacial score (nSPS) is 12.2. The van der Waals surface area contributed by atoms with Gasteiger partial charge in [-0.1, -0.05) is 19.1 Å². The summed E-state index contributed by atoms with van der Waals surface area (Å²) in [5.74, 6) is 5.16. The van der Waals surface area contributed by atoms with E-state index in [2.05, 4.69) is 10.2 Å². The monoisotopic (exact) mass is 222 g/mol. The maximum absolute atomic E-state index is 11.6. The molecule has 1 amide bonds. The summed E-state index contributed by atoms with van der Waals surface area (Å²) >= 11 is 0. The first-order chi connectivity index (χ1) is 7.69. The van der Waals surface area contributed by atoms with E-state index in [-0.39, 0.29) is 11.8 Å². The van der Waals surface area contributed by atoms with Crippen LogP contribution in [0.1, 0.15) is 35.7 Å². The van der Waals surface area contributed by atoms with E-state index in [1.807, 2.05) is 32.0 Å². The van der Waals surface area contributed by atoms with Crippen molar-refractivity contribution in [2.45, 2.75) is 19.8 Å². The van der Waals surface area contributed by atoms with Crippen LogP contribution in [0.5, 0.6) is 0 Å². The number of nitrogens with two attached hydrogens (primary N) is 1. The standard InChI is InChI=1S/C12H18N2O2/c1-3-14-12(15)11-6-4-5-10(7-11)9(2)8-16-13/h4-7,9H,3,8,13H2,1-2H3,(H,14,15). The Balaban J connectivity index is 2.82. The molecule has 3 N–H and O–H groups in total. The minimum Gasteiger partial charge on any atom is -0.352 e. The van der Waals surface area contributed by atoms with Crippen molar-refractivity contribution >= 4 is 5.91 Å². The Morgan fingerprint density at radius 3 is 2.94 bits per heavy atom. The molecule has 4 heteroatoms. The lowest BCUT2D eigenvalue weighted by Gasteiger charge is -2.11. The SMILES string of the molecule is CCNC(=O)c1cccc(C(C)CON)c1. The van der Waals surface area contributed by atoms with Crippen LogP contribution in [0.15, 0.2) is 24.3 Å². The molecule has 0 aromatic heterocycles. The van der Waals surface area contributed by atoms with E-state index in [0.29, 0.717) is 18.7 Å². The topological polar surface area (TPSA) is 64.3 Å². The highest BCUT2D eigenvalue weighted by molar-refractivity contribution is 5.94. The zero-order valence-electron chi connectivity index (χ0n) is 9.69. The number of carbonyl (C=O) groups excluding carboxylic acids is 1. The molecule has 0 saturated carbocycles. The van der Waals surface area contributed by atoms with E-state index in [0.717, 1.165) is 5.56 Å². The molecule has 1 aromatic carbocycles. The average molecular weight is 222 g/mol. The molecule has 0 aliphatic heterocycles. The van der Waals surface area contributed by atoms with Gasteiger partial charge < -0.3 is 10.2 Å². The van der Waals surface area contributed by atoms with Crippen LogP contribution < -0.4 is 11.2 Å². The Bertz CT molecular complexity index is 353. The Morgan fingerprint density at radius 1 is 1.56 bits per heavy atom. The number of carbonyl (C=O) groups is 1. The van der Waals surface area contributed by atoms with E-state index < -0.39 is 0 Å². The van der Waals surface area contributed by atoms with Gasteiger partial charge in [0.05, 0.1) is 6.61 Å². The fraction of sp³-hybridized carbons (Fsp3) is 0.417. The lowest BCUT2D eigenvalue weighted by molar-refractivity contribution is 0.0955. The van der Waals surface area contributed by atoms with Gasteiger partial charge in [0.25, 0.3) is 5.91 Å². The Labute approximate surface area is 95.7 Å². The zero-order valence-corrected chi connectivity index (χ0v) is 9.69. The van der Waals surface area contributed by atoms with Crippen molar-refractivity contribution in [1.29, 1.82) is 0 Å². The summed E-state index contributed by atoms with van der Waals surface area (Å²) in [6, 6.07) is 7.50. The van der Waals surface area contributed by atoms with E-state index in [4.69, 9.17) is 5.90 Å². The van der Waals surface area contributed by atoms with Crippen molar-refractivity contribution in [1.82, 2.24) is 5.32 Å². The molecule has 0 heterocycles. The van der Waals surface area contributed by atoms with E-state index in [1.54, 1.807) is 6.07 Å². The predicted molar refractivity (Wildman–Crippen MR) is 63.0 cm³/mol. The molecule has 0 radical (unpaired) electrons. The Kier molecular flexibility index (Phi) is 4.95. The van der Waals surface area contributed by atoms with Gasteiger partial charge in [0.1, 0.15) is 0 Å². The van der Waals surface area contributed by atoms with Crippen LogP contribution in [0, 0.1) is 0 Å². The first-order valence-electron chi connectivity index (χ1n) is 5.38. The third kappa shape index (κ3) is 3.32. The van der Waals surface area contributed by atoms with Crippen molar-refractivity contribution in [3.05, 3.63) is 35.4 Å². The molecule has 0 spiro atoms. The van der Waals surface area contributed by atoms with Crippen molar-refractivity contribution in [3.8, 4) is 0 Å². The van der Waals surface area contributed by atoms with Crippen LogP contribution in [-0.2, 0) is 4.84 Å². The summed E-state index contributed by atoms with van der Waals surface area (Å²) in [4.78, 5) is 16.2. The molecule has 0 fully saturated rings. The van der Waals surface area contributed by atoms with Crippen LogP contribution in [0.2, 0.25) is 0 Å². The number of nitrogens with one attached hydrogen (secondary N) is 1. The highest BCUT2D eigenvalue weighted by Crippen LogP contribution is 2.16. The fourth-order valence-corrected chi connectivity index (χ4v) is 1.49. The maximum Gasteiger partial charge on any atom is 0.251 e. The summed E-state index contributed by atoms with van der Waals surface area (Å²) in [6.07, 6.45) is 0. The largest absolute Gasteiger partial charge is 0.352 e. The van der Waals surface area contributed by atoms with Gasteiger partial charge >= 0.3 is 0 Å². The summed E-state index contributed by atoms with van der Waals surface area (Å²) < 4.78 is 0. The highest BCUT2D eigenvalue weighted by atomic mass is 16.6. The molecule has 1 rings (SSSR count). The second kappa shape index (κ2) is 6.25. The molecule has 0 bridgehead atoms. The van der Waals surface area contributed by atoms with Gasteiger partial charge in [-0.15, -0.1) is 0 Å². The van der Waals surface area contributed by atoms with Gasteiger partial charge in [0, 0.05) is 18.0 Å². The summed E-state index contributed by atoms with van der Waals surface area (Å²) in [5.41, 5.74) is 1.72. The summed E-state index contributed by atoms with van der Waals surface area (Å²) in [7, 11) is 0. The van der Waals surface area contributed by atoms with Crippen LogP contribution >= 0.6 is 0 Å². The van der Waals surface area contributed by atoms with Crippen molar-refractivity contribution in [3.63, 3.8) is 0 Å². The molecule has 0 aliphatic carbocycles. The number of hydrogen-bond donors (Lipinski definition) is 2. The maximum atomic E-state index is 11.6. The van der Waals surface area contributed by atoms with Crippen molar-refractivity contribution in [2.24, 2.45) is 5.90 Å². The van der Waals surface area contributed by atoms with Gasteiger partial charge in [-0.3, -0.25) is 4.79 Å². The molecular formula is C12H18N2O2. The van der Waals surface area contributed by atoms with Crippen molar-refractivity contribution in [2.75, 3.05) is 13.2 Å². The third-order valence-electron chi connectivity index (χ3n) is 2.40. The van der Waals surface area contributed by atoms with Crippen LogP contribution in [0.3, 0.4) is 0 Å². The van der Waals surface area contributed by atoms with Gasteiger partial charge in [0.2, 0.25) is 0 Å². The quantitative estimate of drug-likeness (QED) is 0.741. The zero-order chi connectivity index (χ0) is 12.0. The minimum absolute atomic E-state index is 0.0507. The molecular weight excluding hydrogens is 204 g/mol. The minimum atomic E-state index is -0.0507. The second-order valence-corrected chi connectivity index (χ2v) is 3.72. The van der Waals surface area contributed by atoms with E-state index >= 15 is 0 Å². The molecule has 1 atom stereocenters. The van der Waals surface area contributed by atoms with Gasteiger partial charge in [0.15, 0.2) is 0 Å². The lowest BCUT2D eigenvalue weighted by atomic mass is 10.00. The summed E-state index contributed by atoms with van der Waals surface area (Å²) in [6.45, 7) is 4.97. The molecule has 16 heavy (non-hydrogen) atoms. The van der Waals surface area contributed by atoms with Crippen LogP contribution in [0.4, 0.5) is 0 Å². The number of rotatable bonds is 5. The lowest BCUT2D eigenvalue weighted by Crippen LogP contribution is -2.22. The fourth-order valence-electron chi connectivity index (χ4n) is 1.49. The molecule has 1 unspecified atom stereocenters.